The number of hydrogen-bond acceptors (Lipinski definition) is 3. The number of hydrogen-bond donors (Lipinski definition) is 1. The monoisotopic (exact) mass is 250 g/mol. The summed E-state index contributed by atoms with van der Waals surface area (Å²) in [7, 11) is 2.17. The molecular weight excluding hydrogens is 228 g/mol. The van der Waals surface area contributed by atoms with E-state index in [9.17, 15) is 0 Å². The van der Waals surface area contributed by atoms with E-state index < -0.39 is 0 Å². The van der Waals surface area contributed by atoms with Crippen molar-refractivity contribution in [2.24, 2.45) is 11.7 Å². The Kier molecular flexibility index (Phi) is 6.28. The van der Waals surface area contributed by atoms with Crippen LogP contribution in [0.25, 0.3) is 0 Å². The Morgan fingerprint density at radius 3 is 2.88 bits per heavy atom. The molecule has 94 valence electrons. The van der Waals surface area contributed by atoms with Gasteiger partial charge in [0.15, 0.2) is 0 Å². The third-order valence-corrected chi connectivity index (χ3v) is 3.42. The van der Waals surface area contributed by atoms with Crippen LogP contribution < -0.4 is 5.73 Å². The summed E-state index contributed by atoms with van der Waals surface area (Å²) in [6.07, 6.45) is 1.25. The molecule has 0 unspecified atom stereocenters. The van der Waals surface area contributed by atoms with Crippen molar-refractivity contribution in [3.63, 3.8) is 0 Å². The minimum atomic E-state index is 0.430. The minimum absolute atomic E-state index is 0.430. The van der Waals surface area contributed by atoms with Crippen molar-refractivity contribution < 1.29 is 0 Å². The number of nitrogens with two attached hydrogens (primary N) is 1. The van der Waals surface area contributed by atoms with Crippen molar-refractivity contribution in [3.8, 4) is 11.8 Å². The Morgan fingerprint density at radius 2 is 2.24 bits per heavy atom. The molecule has 1 aromatic heterocycles. The van der Waals surface area contributed by atoms with Crippen molar-refractivity contribution >= 4 is 11.3 Å². The van der Waals surface area contributed by atoms with Crippen LogP contribution in [0.4, 0.5) is 0 Å². The molecule has 2 nitrogen and oxygen atoms in total. The van der Waals surface area contributed by atoms with Gasteiger partial charge in [-0.15, -0.1) is 11.3 Å². The Labute approximate surface area is 109 Å². The summed E-state index contributed by atoms with van der Waals surface area (Å²) in [5.74, 6) is 6.72. The quantitative estimate of drug-likeness (QED) is 0.814. The standard InChI is InChI=1S/C14H22N2S/c1-12(2)6-8-16(3)10-14-9-13(11-17-14)5-4-7-15/h9,11-12H,6-8,10,15H2,1-3H3. The lowest BCUT2D eigenvalue weighted by Gasteiger charge is -2.16. The van der Waals surface area contributed by atoms with E-state index in [0.717, 1.165) is 24.6 Å². The van der Waals surface area contributed by atoms with E-state index in [2.05, 4.69) is 49.1 Å². The Morgan fingerprint density at radius 1 is 1.47 bits per heavy atom. The summed E-state index contributed by atoms with van der Waals surface area (Å²) < 4.78 is 0. The van der Waals surface area contributed by atoms with E-state index in [1.54, 1.807) is 11.3 Å². The zero-order chi connectivity index (χ0) is 12.7. The van der Waals surface area contributed by atoms with Crippen molar-refractivity contribution in [1.82, 2.24) is 4.90 Å². The molecule has 0 aliphatic rings. The molecule has 3 heteroatoms. The van der Waals surface area contributed by atoms with Gasteiger partial charge in [0.2, 0.25) is 0 Å². The maximum atomic E-state index is 5.35. The molecule has 0 atom stereocenters. The first-order valence-corrected chi connectivity index (χ1v) is 6.94. The Balaban J connectivity index is 2.43. The van der Waals surface area contributed by atoms with Gasteiger partial charge in [-0.1, -0.05) is 25.7 Å². The molecular formula is C14H22N2S. The molecule has 0 bridgehead atoms. The molecule has 0 spiro atoms. The van der Waals surface area contributed by atoms with Gasteiger partial charge in [0.05, 0.1) is 6.54 Å². The molecule has 0 aliphatic carbocycles. The first-order chi connectivity index (χ1) is 8.11. The number of thiophene rings is 1. The average molecular weight is 250 g/mol. The highest BCUT2D eigenvalue weighted by Crippen LogP contribution is 2.16. The molecule has 0 radical (unpaired) electrons. The lowest BCUT2D eigenvalue weighted by atomic mass is 10.1. The fourth-order valence-electron chi connectivity index (χ4n) is 1.51. The highest BCUT2D eigenvalue weighted by molar-refractivity contribution is 7.10. The van der Waals surface area contributed by atoms with Gasteiger partial charge < -0.3 is 10.6 Å². The summed E-state index contributed by atoms with van der Waals surface area (Å²) >= 11 is 1.78. The predicted octanol–water partition coefficient (Wildman–Crippen LogP) is 2.54. The molecule has 0 fully saturated rings. The van der Waals surface area contributed by atoms with Crippen molar-refractivity contribution in [1.29, 1.82) is 0 Å². The van der Waals surface area contributed by atoms with Gasteiger partial charge in [-0.2, -0.15) is 0 Å². The lowest BCUT2D eigenvalue weighted by molar-refractivity contribution is 0.306. The summed E-state index contributed by atoms with van der Waals surface area (Å²) in [4.78, 5) is 3.74. The summed E-state index contributed by atoms with van der Waals surface area (Å²) in [5, 5.41) is 2.11. The van der Waals surface area contributed by atoms with Crippen LogP contribution in [0.15, 0.2) is 11.4 Å². The number of nitrogens with zero attached hydrogens (tertiary/aromatic N) is 1. The molecule has 2 N–H and O–H groups in total. The normalized spacial score (nSPS) is 10.7. The van der Waals surface area contributed by atoms with Crippen LogP contribution in [-0.4, -0.2) is 25.0 Å². The molecule has 1 aromatic rings. The highest BCUT2D eigenvalue weighted by atomic mass is 32.1. The predicted molar refractivity (Wildman–Crippen MR) is 76.0 cm³/mol. The van der Waals surface area contributed by atoms with Crippen molar-refractivity contribution in [3.05, 3.63) is 21.9 Å². The van der Waals surface area contributed by atoms with E-state index in [-0.39, 0.29) is 0 Å². The fourth-order valence-corrected chi connectivity index (χ4v) is 2.40. The molecule has 0 aromatic carbocycles. The van der Waals surface area contributed by atoms with Crippen LogP contribution in [0.2, 0.25) is 0 Å². The molecule has 0 saturated carbocycles. The fraction of sp³-hybridized carbons (Fsp3) is 0.571. The van der Waals surface area contributed by atoms with Crippen molar-refractivity contribution in [2.45, 2.75) is 26.8 Å². The molecule has 0 amide bonds. The third kappa shape index (κ3) is 5.88. The van der Waals surface area contributed by atoms with Gasteiger partial charge >= 0.3 is 0 Å². The van der Waals surface area contributed by atoms with Gasteiger partial charge in [-0.3, -0.25) is 0 Å². The van der Waals surface area contributed by atoms with Gasteiger partial charge in [0.25, 0.3) is 0 Å². The second-order valence-corrected chi connectivity index (χ2v) is 5.72. The minimum Gasteiger partial charge on any atom is -0.320 e. The topological polar surface area (TPSA) is 29.3 Å². The van der Waals surface area contributed by atoms with E-state index in [0.29, 0.717) is 6.54 Å². The highest BCUT2D eigenvalue weighted by Gasteiger charge is 2.04. The van der Waals surface area contributed by atoms with Crippen LogP contribution in [-0.2, 0) is 6.54 Å². The second-order valence-electron chi connectivity index (χ2n) is 4.73. The van der Waals surface area contributed by atoms with Gasteiger partial charge in [-0.25, -0.2) is 0 Å². The first-order valence-electron chi connectivity index (χ1n) is 6.06. The van der Waals surface area contributed by atoms with Crippen LogP contribution in [0, 0.1) is 17.8 Å². The average Bonchev–Trinajstić information content (AvgIpc) is 2.71. The summed E-state index contributed by atoms with van der Waals surface area (Å²) in [5.41, 5.74) is 6.44. The van der Waals surface area contributed by atoms with E-state index in [1.165, 1.54) is 11.3 Å². The molecule has 0 saturated heterocycles. The van der Waals surface area contributed by atoms with Crippen LogP contribution >= 0.6 is 11.3 Å². The van der Waals surface area contributed by atoms with E-state index in [4.69, 9.17) is 5.73 Å². The van der Waals surface area contributed by atoms with E-state index in [1.807, 2.05) is 0 Å². The third-order valence-electron chi connectivity index (χ3n) is 2.50. The Hall–Kier alpha value is -0.820. The zero-order valence-corrected chi connectivity index (χ0v) is 11.8. The molecule has 17 heavy (non-hydrogen) atoms. The summed E-state index contributed by atoms with van der Waals surface area (Å²) in [6.45, 7) is 7.12. The van der Waals surface area contributed by atoms with Gasteiger partial charge in [0, 0.05) is 22.4 Å². The lowest BCUT2D eigenvalue weighted by Crippen LogP contribution is -2.19. The number of rotatable bonds is 5. The maximum Gasteiger partial charge on any atom is 0.0555 e. The van der Waals surface area contributed by atoms with Crippen molar-refractivity contribution in [2.75, 3.05) is 20.1 Å². The van der Waals surface area contributed by atoms with Gasteiger partial charge in [-0.05, 0) is 32.0 Å². The van der Waals surface area contributed by atoms with Gasteiger partial charge in [0.1, 0.15) is 0 Å². The van der Waals surface area contributed by atoms with Crippen LogP contribution in [0.5, 0.6) is 0 Å². The van der Waals surface area contributed by atoms with Crippen LogP contribution in [0.1, 0.15) is 30.7 Å². The zero-order valence-electron chi connectivity index (χ0n) is 11.0. The molecule has 1 heterocycles. The smallest absolute Gasteiger partial charge is 0.0555 e. The SMILES string of the molecule is CC(C)CCN(C)Cc1cc(C#CCN)cs1. The maximum absolute atomic E-state index is 5.35. The van der Waals surface area contributed by atoms with Crippen LogP contribution in [0.3, 0.4) is 0 Å². The largest absolute Gasteiger partial charge is 0.320 e. The molecule has 0 aliphatic heterocycles. The Bertz CT molecular complexity index is 384. The molecule has 1 rings (SSSR count). The summed E-state index contributed by atoms with van der Waals surface area (Å²) in [6, 6.07) is 2.17. The second kappa shape index (κ2) is 7.50. The van der Waals surface area contributed by atoms with E-state index >= 15 is 0 Å². The first kappa shape index (κ1) is 14.2.